The lowest BCUT2D eigenvalue weighted by Crippen LogP contribution is -2.16. The molecule has 0 saturated heterocycles. The van der Waals surface area contributed by atoms with Crippen LogP contribution >= 0.6 is 15.9 Å². The molecule has 24 heavy (non-hydrogen) atoms. The van der Waals surface area contributed by atoms with Crippen molar-refractivity contribution >= 4 is 15.9 Å². The van der Waals surface area contributed by atoms with E-state index in [2.05, 4.69) is 15.9 Å². The third-order valence-corrected chi connectivity index (χ3v) is 4.79. The lowest BCUT2D eigenvalue weighted by atomic mass is 9.96. The highest BCUT2D eigenvalue weighted by atomic mass is 79.9. The lowest BCUT2D eigenvalue weighted by molar-refractivity contribution is 0.0781. The van der Waals surface area contributed by atoms with E-state index >= 15 is 0 Å². The predicted octanol–water partition coefficient (Wildman–Crippen LogP) is 4.58. The van der Waals surface area contributed by atoms with Gasteiger partial charge in [-0.1, -0.05) is 12.1 Å². The van der Waals surface area contributed by atoms with Crippen LogP contribution in [0.3, 0.4) is 0 Å². The van der Waals surface area contributed by atoms with Gasteiger partial charge in [0.25, 0.3) is 0 Å². The molecule has 2 aromatic rings. The van der Waals surface area contributed by atoms with Crippen molar-refractivity contribution in [3.8, 4) is 17.2 Å². The molecule has 0 unspecified atom stereocenters. The van der Waals surface area contributed by atoms with E-state index in [1.807, 2.05) is 37.3 Å². The van der Waals surface area contributed by atoms with Crippen molar-refractivity contribution in [1.29, 1.82) is 0 Å². The van der Waals surface area contributed by atoms with Crippen molar-refractivity contribution in [1.82, 2.24) is 0 Å². The van der Waals surface area contributed by atoms with Crippen LogP contribution in [-0.2, 0) is 12.2 Å². The maximum Gasteiger partial charge on any atom is 0.161 e. The lowest BCUT2D eigenvalue weighted by Gasteiger charge is -2.21. The molecule has 0 aromatic heterocycles. The summed E-state index contributed by atoms with van der Waals surface area (Å²) < 4.78 is 17.4. The van der Waals surface area contributed by atoms with Gasteiger partial charge in [-0.05, 0) is 71.6 Å². The second kappa shape index (κ2) is 7.45. The van der Waals surface area contributed by atoms with Crippen LogP contribution in [-0.4, -0.2) is 19.3 Å². The quantitative estimate of drug-likeness (QED) is 0.778. The summed E-state index contributed by atoms with van der Waals surface area (Å²) in [7, 11) is 3.21. The number of aryl methyl sites for hydroxylation is 1. The van der Waals surface area contributed by atoms with Gasteiger partial charge >= 0.3 is 0 Å². The first-order valence-electron chi connectivity index (χ1n) is 7.63. The Morgan fingerprint density at radius 1 is 1.00 bits per heavy atom. The smallest absolute Gasteiger partial charge is 0.161 e. The zero-order chi connectivity index (χ0) is 17.9. The molecule has 0 aliphatic rings. The molecule has 0 atom stereocenters. The van der Waals surface area contributed by atoms with E-state index in [1.165, 1.54) is 0 Å². The van der Waals surface area contributed by atoms with Gasteiger partial charge in [-0.25, -0.2) is 0 Å². The third kappa shape index (κ3) is 4.22. The molecule has 0 radical (unpaired) electrons. The highest BCUT2D eigenvalue weighted by Crippen LogP contribution is 2.35. The molecule has 0 aliphatic heterocycles. The first-order valence-corrected chi connectivity index (χ1v) is 8.42. The van der Waals surface area contributed by atoms with Gasteiger partial charge in [-0.3, -0.25) is 0 Å². The largest absolute Gasteiger partial charge is 0.493 e. The van der Waals surface area contributed by atoms with Crippen molar-refractivity contribution in [3.63, 3.8) is 0 Å². The number of aliphatic hydroxyl groups is 1. The minimum atomic E-state index is -0.924. The SMILES string of the molecule is COc1ccc(COc2cc(C(C)(C)O)cc(C)c2Br)cc1OC. The minimum Gasteiger partial charge on any atom is -0.493 e. The molecule has 0 spiro atoms. The Labute approximate surface area is 151 Å². The predicted molar refractivity (Wildman–Crippen MR) is 98.0 cm³/mol. The minimum absolute atomic E-state index is 0.383. The Bertz CT molecular complexity index is 720. The van der Waals surface area contributed by atoms with Crippen molar-refractivity contribution < 1.29 is 19.3 Å². The van der Waals surface area contributed by atoms with Crippen molar-refractivity contribution in [2.24, 2.45) is 0 Å². The normalized spacial score (nSPS) is 11.3. The second-order valence-corrected chi connectivity index (χ2v) is 6.94. The number of ether oxygens (including phenoxy) is 3. The number of halogens is 1. The summed E-state index contributed by atoms with van der Waals surface area (Å²) >= 11 is 3.55. The number of hydrogen-bond acceptors (Lipinski definition) is 4. The van der Waals surface area contributed by atoms with Gasteiger partial charge in [0.1, 0.15) is 12.4 Å². The Hall–Kier alpha value is -1.72. The van der Waals surface area contributed by atoms with E-state index in [9.17, 15) is 5.11 Å². The van der Waals surface area contributed by atoms with Crippen molar-refractivity contribution in [3.05, 3.63) is 51.5 Å². The second-order valence-electron chi connectivity index (χ2n) is 6.14. The van der Waals surface area contributed by atoms with Crippen molar-refractivity contribution in [2.45, 2.75) is 33.0 Å². The van der Waals surface area contributed by atoms with Gasteiger partial charge in [0, 0.05) is 0 Å². The molecule has 0 saturated carbocycles. The maximum atomic E-state index is 10.2. The summed E-state index contributed by atoms with van der Waals surface area (Å²) in [5, 5.41) is 10.2. The van der Waals surface area contributed by atoms with Crippen LogP contribution < -0.4 is 14.2 Å². The standard InChI is InChI=1S/C19H23BrO4/c1-12-8-14(19(2,3)21)10-17(18(12)20)24-11-13-6-7-15(22-4)16(9-13)23-5/h6-10,21H,11H2,1-5H3. The van der Waals surface area contributed by atoms with Crippen LogP contribution in [0.15, 0.2) is 34.8 Å². The Kier molecular flexibility index (Phi) is 5.78. The highest BCUT2D eigenvalue weighted by Gasteiger charge is 2.19. The zero-order valence-corrected chi connectivity index (χ0v) is 16.2. The number of benzene rings is 2. The molecule has 0 heterocycles. The molecule has 1 N–H and O–H groups in total. The first-order chi connectivity index (χ1) is 11.3. The number of rotatable bonds is 6. The van der Waals surface area contributed by atoms with Gasteiger partial charge in [0.05, 0.1) is 24.3 Å². The maximum absolute atomic E-state index is 10.2. The first kappa shape index (κ1) is 18.6. The van der Waals surface area contributed by atoms with E-state index in [0.717, 1.165) is 21.2 Å². The third-order valence-electron chi connectivity index (χ3n) is 3.77. The monoisotopic (exact) mass is 394 g/mol. The van der Waals surface area contributed by atoms with Crippen LogP contribution in [0.4, 0.5) is 0 Å². The van der Waals surface area contributed by atoms with Gasteiger partial charge < -0.3 is 19.3 Å². The van der Waals surface area contributed by atoms with Crippen LogP contribution in [0.25, 0.3) is 0 Å². The molecule has 0 amide bonds. The number of methoxy groups -OCH3 is 2. The van der Waals surface area contributed by atoms with Gasteiger partial charge in [0.15, 0.2) is 11.5 Å². The average molecular weight is 395 g/mol. The topological polar surface area (TPSA) is 47.9 Å². The Morgan fingerprint density at radius 2 is 1.67 bits per heavy atom. The fraction of sp³-hybridized carbons (Fsp3) is 0.368. The summed E-state index contributed by atoms with van der Waals surface area (Å²) in [6.45, 7) is 5.87. The molecular weight excluding hydrogens is 372 g/mol. The van der Waals surface area contributed by atoms with Gasteiger partial charge in [-0.15, -0.1) is 0 Å². The van der Waals surface area contributed by atoms with Crippen molar-refractivity contribution in [2.75, 3.05) is 14.2 Å². The molecule has 130 valence electrons. The molecule has 0 fully saturated rings. The summed E-state index contributed by atoms with van der Waals surface area (Å²) in [5.41, 5.74) is 1.86. The zero-order valence-electron chi connectivity index (χ0n) is 14.6. The van der Waals surface area contributed by atoms with Crippen LogP contribution in [0.5, 0.6) is 17.2 Å². The van der Waals surface area contributed by atoms with E-state index < -0.39 is 5.60 Å². The van der Waals surface area contributed by atoms with E-state index in [1.54, 1.807) is 28.1 Å². The molecular formula is C19H23BrO4. The Balaban J connectivity index is 2.24. The highest BCUT2D eigenvalue weighted by molar-refractivity contribution is 9.10. The molecule has 4 nitrogen and oxygen atoms in total. The van der Waals surface area contributed by atoms with Gasteiger partial charge in [0.2, 0.25) is 0 Å². The molecule has 2 aromatic carbocycles. The average Bonchev–Trinajstić information content (AvgIpc) is 2.54. The van der Waals surface area contributed by atoms with Gasteiger partial charge in [-0.2, -0.15) is 0 Å². The van der Waals surface area contributed by atoms with E-state index in [4.69, 9.17) is 14.2 Å². The summed E-state index contributed by atoms with van der Waals surface area (Å²) in [6, 6.07) is 9.48. The Morgan fingerprint density at radius 3 is 2.25 bits per heavy atom. The summed E-state index contributed by atoms with van der Waals surface area (Å²) in [4.78, 5) is 0. The van der Waals surface area contributed by atoms with E-state index in [-0.39, 0.29) is 0 Å². The van der Waals surface area contributed by atoms with E-state index in [0.29, 0.717) is 23.9 Å². The fourth-order valence-electron chi connectivity index (χ4n) is 2.33. The molecule has 2 rings (SSSR count). The summed E-state index contributed by atoms with van der Waals surface area (Å²) in [6.07, 6.45) is 0. The molecule has 0 bridgehead atoms. The van der Waals surface area contributed by atoms with Crippen LogP contribution in [0.2, 0.25) is 0 Å². The van der Waals surface area contributed by atoms with Crippen LogP contribution in [0.1, 0.15) is 30.5 Å². The summed E-state index contributed by atoms with van der Waals surface area (Å²) in [5.74, 6) is 2.04. The molecule has 0 aliphatic carbocycles. The fourth-order valence-corrected chi connectivity index (χ4v) is 2.67. The molecule has 5 heteroatoms. The van der Waals surface area contributed by atoms with Crippen LogP contribution in [0, 0.1) is 6.92 Å². The number of hydrogen-bond donors (Lipinski definition) is 1.